The Balaban J connectivity index is 2.47. The van der Waals surface area contributed by atoms with E-state index in [1.165, 1.54) is 0 Å². The first kappa shape index (κ1) is 15.9. The van der Waals surface area contributed by atoms with Crippen molar-refractivity contribution < 1.29 is 9.84 Å². The highest BCUT2D eigenvalue weighted by molar-refractivity contribution is 4.82. The smallest absolute Gasteiger partial charge is 0.0674 e. The van der Waals surface area contributed by atoms with Gasteiger partial charge in [-0.05, 0) is 32.7 Å². The molecule has 18 heavy (non-hydrogen) atoms. The van der Waals surface area contributed by atoms with Crippen molar-refractivity contribution in [3.8, 4) is 0 Å². The van der Waals surface area contributed by atoms with Crippen LogP contribution in [-0.2, 0) is 4.74 Å². The summed E-state index contributed by atoms with van der Waals surface area (Å²) < 4.78 is 5.72. The molecule has 0 spiro atoms. The molecule has 1 heterocycles. The first-order chi connectivity index (χ1) is 8.71. The summed E-state index contributed by atoms with van der Waals surface area (Å²) in [5, 5.41) is 12.7. The fraction of sp³-hybridized carbons (Fsp3) is 1.00. The number of aliphatic hydroxyl groups excluding tert-OH is 1. The van der Waals surface area contributed by atoms with Crippen molar-refractivity contribution >= 4 is 0 Å². The normalized spacial score (nSPS) is 27.3. The maximum atomic E-state index is 9.16. The van der Waals surface area contributed by atoms with Crippen LogP contribution in [0.5, 0.6) is 0 Å². The monoisotopic (exact) mass is 258 g/mol. The van der Waals surface area contributed by atoms with Crippen molar-refractivity contribution in [1.29, 1.82) is 0 Å². The van der Waals surface area contributed by atoms with E-state index in [1.54, 1.807) is 0 Å². The van der Waals surface area contributed by atoms with E-state index in [-0.39, 0.29) is 6.61 Å². The second kappa shape index (κ2) is 8.86. The third-order valence-electron chi connectivity index (χ3n) is 3.67. The third kappa shape index (κ3) is 5.22. The van der Waals surface area contributed by atoms with Crippen molar-refractivity contribution in [2.24, 2.45) is 0 Å². The van der Waals surface area contributed by atoms with E-state index in [1.807, 2.05) is 0 Å². The van der Waals surface area contributed by atoms with Gasteiger partial charge in [-0.25, -0.2) is 0 Å². The zero-order valence-corrected chi connectivity index (χ0v) is 12.2. The molecule has 3 unspecified atom stereocenters. The predicted molar refractivity (Wildman–Crippen MR) is 74.9 cm³/mol. The molecule has 0 aliphatic carbocycles. The van der Waals surface area contributed by atoms with Crippen LogP contribution >= 0.6 is 0 Å². The van der Waals surface area contributed by atoms with Gasteiger partial charge in [-0.3, -0.25) is 4.90 Å². The van der Waals surface area contributed by atoms with Crippen LogP contribution < -0.4 is 5.32 Å². The van der Waals surface area contributed by atoms with Gasteiger partial charge in [-0.15, -0.1) is 0 Å². The van der Waals surface area contributed by atoms with Crippen LogP contribution in [0.15, 0.2) is 0 Å². The van der Waals surface area contributed by atoms with Crippen molar-refractivity contribution in [3.05, 3.63) is 0 Å². The average Bonchev–Trinajstić information content (AvgIpc) is 2.36. The largest absolute Gasteiger partial charge is 0.396 e. The van der Waals surface area contributed by atoms with Crippen molar-refractivity contribution in [1.82, 2.24) is 10.2 Å². The van der Waals surface area contributed by atoms with E-state index in [4.69, 9.17) is 9.84 Å². The van der Waals surface area contributed by atoms with E-state index >= 15 is 0 Å². The summed E-state index contributed by atoms with van der Waals surface area (Å²) in [6, 6.07) is 0.931. The number of hydrogen-bond donors (Lipinski definition) is 2. The Hall–Kier alpha value is -0.160. The van der Waals surface area contributed by atoms with E-state index in [0.717, 1.165) is 45.5 Å². The van der Waals surface area contributed by atoms with Gasteiger partial charge in [0, 0.05) is 31.8 Å². The first-order valence-electron chi connectivity index (χ1n) is 7.41. The maximum absolute atomic E-state index is 9.16. The minimum atomic E-state index is 0.262. The van der Waals surface area contributed by atoms with Crippen LogP contribution in [-0.4, -0.2) is 61.0 Å². The molecule has 2 N–H and O–H groups in total. The Morgan fingerprint density at radius 2 is 2.22 bits per heavy atom. The summed E-state index contributed by atoms with van der Waals surface area (Å²) in [5.41, 5.74) is 0. The number of morpholine rings is 1. The van der Waals surface area contributed by atoms with Crippen LogP contribution in [0.1, 0.15) is 40.0 Å². The molecule has 0 radical (unpaired) electrons. The Bertz CT molecular complexity index is 214. The molecule has 4 nitrogen and oxygen atoms in total. The number of rotatable bonds is 8. The molecule has 1 fully saturated rings. The van der Waals surface area contributed by atoms with Crippen molar-refractivity contribution in [3.63, 3.8) is 0 Å². The summed E-state index contributed by atoms with van der Waals surface area (Å²) in [6.45, 7) is 10.7. The highest BCUT2D eigenvalue weighted by Crippen LogP contribution is 2.15. The molecule has 1 aliphatic heterocycles. The van der Waals surface area contributed by atoms with Gasteiger partial charge in [0.1, 0.15) is 0 Å². The zero-order chi connectivity index (χ0) is 13.4. The Morgan fingerprint density at radius 3 is 2.83 bits per heavy atom. The lowest BCUT2D eigenvalue weighted by Gasteiger charge is -2.40. The fourth-order valence-corrected chi connectivity index (χ4v) is 2.56. The standard InChI is InChI=1S/C14H30N2O2/c1-4-7-15-13(6-8-17)10-16-9-12(3)18-11-14(16)5-2/h12-15,17H,4-11H2,1-3H3. The first-order valence-corrected chi connectivity index (χ1v) is 7.41. The van der Waals surface area contributed by atoms with E-state index < -0.39 is 0 Å². The number of ether oxygens (including phenoxy) is 1. The number of nitrogens with one attached hydrogen (secondary N) is 1. The van der Waals surface area contributed by atoms with E-state index in [0.29, 0.717) is 18.2 Å². The van der Waals surface area contributed by atoms with Crippen molar-refractivity contribution in [2.45, 2.75) is 58.2 Å². The summed E-state index contributed by atoms with van der Waals surface area (Å²) in [5.74, 6) is 0. The molecule has 0 amide bonds. The number of aliphatic hydroxyl groups is 1. The quantitative estimate of drug-likeness (QED) is 0.687. The average molecular weight is 258 g/mol. The predicted octanol–water partition coefficient (Wildman–Crippen LogP) is 1.24. The Labute approximate surface area is 112 Å². The van der Waals surface area contributed by atoms with Gasteiger partial charge in [0.2, 0.25) is 0 Å². The summed E-state index contributed by atoms with van der Waals surface area (Å²) >= 11 is 0. The molecule has 1 saturated heterocycles. The molecule has 1 rings (SSSR count). The lowest BCUT2D eigenvalue weighted by Crippen LogP contribution is -2.53. The van der Waals surface area contributed by atoms with Gasteiger partial charge in [-0.2, -0.15) is 0 Å². The lowest BCUT2D eigenvalue weighted by molar-refractivity contribution is -0.0590. The Kier molecular flexibility index (Phi) is 7.82. The molecule has 0 bridgehead atoms. The highest BCUT2D eigenvalue weighted by atomic mass is 16.5. The zero-order valence-electron chi connectivity index (χ0n) is 12.2. The van der Waals surface area contributed by atoms with Crippen LogP contribution in [0.2, 0.25) is 0 Å². The van der Waals surface area contributed by atoms with Gasteiger partial charge in [0.05, 0.1) is 12.7 Å². The molecule has 1 aliphatic rings. The van der Waals surface area contributed by atoms with Crippen molar-refractivity contribution in [2.75, 3.05) is 32.8 Å². The van der Waals surface area contributed by atoms with Crippen LogP contribution in [0.25, 0.3) is 0 Å². The van der Waals surface area contributed by atoms with Gasteiger partial charge < -0.3 is 15.2 Å². The molecule has 0 aromatic rings. The number of hydrogen-bond acceptors (Lipinski definition) is 4. The molecular formula is C14H30N2O2. The molecule has 3 atom stereocenters. The Morgan fingerprint density at radius 1 is 1.44 bits per heavy atom. The van der Waals surface area contributed by atoms with Gasteiger partial charge >= 0.3 is 0 Å². The summed E-state index contributed by atoms with van der Waals surface area (Å²) in [6.07, 6.45) is 3.43. The van der Waals surface area contributed by atoms with E-state index in [2.05, 4.69) is 31.0 Å². The van der Waals surface area contributed by atoms with Gasteiger partial charge in [0.25, 0.3) is 0 Å². The molecule has 4 heteroatoms. The second-order valence-electron chi connectivity index (χ2n) is 5.32. The molecule has 0 aromatic heterocycles. The summed E-state index contributed by atoms with van der Waals surface area (Å²) in [4.78, 5) is 2.52. The van der Waals surface area contributed by atoms with E-state index in [9.17, 15) is 0 Å². The lowest BCUT2D eigenvalue weighted by atomic mass is 10.1. The SMILES string of the molecule is CCCNC(CCO)CN1CC(C)OCC1CC. The topological polar surface area (TPSA) is 44.7 Å². The second-order valence-corrected chi connectivity index (χ2v) is 5.32. The van der Waals surface area contributed by atoms with Gasteiger partial charge in [0.15, 0.2) is 0 Å². The molecule has 0 saturated carbocycles. The van der Waals surface area contributed by atoms with Crippen LogP contribution in [0.3, 0.4) is 0 Å². The fourth-order valence-electron chi connectivity index (χ4n) is 2.56. The minimum Gasteiger partial charge on any atom is -0.396 e. The third-order valence-corrected chi connectivity index (χ3v) is 3.67. The maximum Gasteiger partial charge on any atom is 0.0674 e. The molecular weight excluding hydrogens is 228 g/mol. The van der Waals surface area contributed by atoms with Crippen LogP contribution in [0, 0.1) is 0 Å². The minimum absolute atomic E-state index is 0.262. The highest BCUT2D eigenvalue weighted by Gasteiger charge is 2.27. The number of nitrogens with zero attached hydrogens (tertiary/aromatic N) is 1. The van der Waals surface area contributed by atoms with Crippen LogP contribution in [0.4, 0.5) is 0 Å². The molecule has 108 valence electrons. The summed E-state index contributed by atoms with van der Waals surface area (Å²) in [7, 11) is 0. The molecule has 0 aromatic carbocycles. The van der Waals surface area contributed by atoms with Gasteiger partial charge in [-0.1, -0.05) is 13.8 Å².